The molecule has 0 unspecified atom stereocenters. The predicted octanol–water partition coefficient (Wildman–Crippen LogP) is 3.29. The number of thioether (sulfide) groups is 1. The molecule has 9 heteroatoms. The highest BCUT2D eigenvalue weighted by molar-refractivity contribution is 7.99. The van der Waals surface area contributed by atoms with Gasteiger partial charge in [-0.25, -0.2) is 4.79 Å². The molecule has 1 aliphatic rings. The molecule has 0 amide bonds. The van der Waals surface area contributed by atoms with Gasteiger partial charge in [0.1, 0.15) is 12.7 Å². The number of rotatable bonds is 14. The average Bonchev–Trinajstić information content (AvgIpc) is 2.63. The number of nitro groups is 1. The molecule has 0 aromatic carbocycles. The Hall–Kier alpha value is -1.06. The molecule has 8 nitrogen and oxygen atoms in total. The van der Waals surface area contributed by atoms with E-state index in [1.54, 1.807) is 0 Å². The molecule has 0 saturated heterocycles. The summed E-state index contributed by atoms with van der Waals surface area (Å²) in [5.41, 5.74) is 0. The highest BCUT2D eigenvalue weighted by Crippen LogP contribution is 2.23. The Kier molecular flexibility index (Phi) is 13.3. The third-order valence-corrected chi connectivity index (χ3v) is 5.07. The van der Waals surface area contributed by atoms with Crippen molar-refractivity contribution in [3.8, 4) is 0 Å². The average molecular weight is 394 g/mol. The van der Waals surface area contributed by atoms with Crippen LogP contribution in [-0.2, 0) is 18.9 Å². The van der Waals surface area contributed by atoms with Crippen LogP contribution in [0.2, 0.25) is 0 Å². The number of hydrogen-bond acceptors (Lipinski definition) is 8. The van der Waals surface area contributed by atoms with Crippen molar-refractivity contribution >= 4 is 17.9 Å². The lowest BCUT2D eigenvalue weighted by molar-refractivity contribution is -0.527. The van der Waals surface area contributed by atoms with Crippen LogP contribution >= 0.6 is 11.8 Å². The maximum absolute atomic E-state index is 11.5. The quantitative estimate of drug-likeness (QED) is 0.192. The van der Waals surface area contributed by atoms with E-state index in [2.05, 4.69) is 6.92 Å². The molecule has 0 spiro atoms. The lowest BCUT2D eigenvalue weighted by Crippen LogP contribution is -2.31. The van der Waals surface area contributed by atoms with E-state index in [-0.39, 0.29) is 24.2 Å². The SMILES string of the molecule is CCCCSCCOCCOCCOC(=O)OC1CCC([N+](=O)[O-])CC1. The molecule has 0 aromatic heterocycles. The molecular formula is C17H31NO7S. The van der Waals surface area contributed by atoms with E-state index in [1.165, 1.54) is 18.6 Å². The molecule has 0 bridgehead atoms. The summed E-state index contributed by atoms with van der Waals surface area (Å²) >= 11 is 1.90. The summed E-state index contributed by atoms with van der Waals surface area (Å²) < 4.78 is 20.9. The van der Waals surface area contributed by atoms with Crippen LogP contribution in [0.5, 0.6) is 0 Å². The molecule has 0 aromatic rings. The van der Waals surface area contributed by atoms with Crippen LogP contribution in [0.25, 0.3) is 0 Å². The Labute approximate surface area is 159 Å². The molecule has 0 atom stereocenters. The van der Waals surface area contributed by atoms with Gasteiger partial charge in [0.05, 0.1) is 26.4 Å². The van der Waals surface area contributed by atoms with Crippen molar-refractivity contribution in [2.45, 2.75) is 57.6 Å². The zero-order chi connectivity index (χ0) is 19.0. The van der Waals surface area contributed by atoms with Gasteiger partial charge in [-0.3, -0.25) is 10.1 Å². The van der Waals surface area contributed by atoms with Gasteiger partial charge in [-0.15, -0.1) is 0 Å². The van der Waals surface area contributed by atoms with Crippen LogP contribution in [0.3, 0.4) is 0 Å². The third kappa shape index (κ3) is 11.5. The minimum atomic E-state index is -0.737. The van der Waals surface area contributed by atoms with Crippen LogP contribution in [-0.4, -0.2) is 67.8 Å². The molecule has 152 valence electrons. The van der Waals surface area contributed by atoms with Crippen molar-refractivity contribution in [1.82, 2.24) is 0 Å². The molecule has 1 aliphatic carbocycles. The second kappa shape index (κ2) is 15.0. The maximum atomic E-state index is 11.5. The number of unbranched alkanes of at least 4 members (excludes halogenated alkanes) is 1. The fourth-order valence-corrected chi connectivity index (χ4v) is 3.45. The molecule has 0 radical (unpaired) electrons. The van der Waals surface area contributed by atoms with E-state index in [9.17, 15) is 14.9 Å². The molecule has 1 rings (SSSR count). The molecule has 26 heavy (non-hydrogen) atoms. The van der Waals surface area contributed by atoms with Crippen LogP contribution in [0.4, 0.5) is 4.79 Å². The monoisotopic (exact) mass is 393 g/mol. The standard InChI is InChI=1S/C17H31NO7S/c1-2-3-13-26-14-12-23-9-8-22-10-11-24-17(19)25-16-6-4-15(5-7-16)18(20)21/h15-16H,2-14H2,1H3. The largest absolute Gasteiger partial charge is 0.508 e. The normalized spacial score (nSPS) is 19.9. The number of ether oxygens (including phenoxy) is 4. The first-order valence-corrected chi connectivity index (χ1v) is 10.5. The first-order valence-electron chi connectivity index (χ1n) is 9.33. The smallest absolute Gasteiger partial charge is 0.432 e. The fourth-order valence-electron chi connectivity index (χ4n) is 2.52. The Morgan fingerprint density at radius 3 is 2.35 bits per heavy atom. The Morgan fingerprint density at radius 2 is 1.69 bits per heavy atom. The second-order valence-electron chi connectivity index (χ2n) is 6.12. The van der Waals surface area contributed by atoms with Crippen LogP contribution in [0.1, 0.15) is 45.4 Å². The van der Waals surface area contributed by atoms with Crippen molar-refractivity contribution in [3.05, 3.63) is 10.1 Å². The van der Waals surface area contributed by atoms with Gasteiger partial charge in [0, 0.05) is 23.5 Å². The minimum absolute atomic E-state index is 0.121. The molecule has 0 aliphatic heterocycles. The lowest BCUT2D eigenvalue weighted by Gasteiger charge is -2.23. The van der Waals surface area contributed by atoms with Crippen molar-refractivity contribution < 1.29 is 28.7 Å². The molecule has 0 N–H and O–H groups in total. The Bertz CT molecular complexity index is 389. The van der Waals surface area contributed by atoms with Gasteiger partial charge in [0.2, 0.25) is 6.04 Å². The number of nitrogens with zero attached hydrogens (tertiary/aromatic N) is 1. The van der Waals surface area contributed by atoms with Crippen molar-refractivity contribution in [2.24, 2.45) is 0 Å². The summed E-state index contributed by atoms with van der Waals surface area (Å²) in [6, 6.07) is -0.517. The van der Waals surface area contributed by atoms with Gasteiger partial charge >= 0.3 is 6.16 Å². The van der Waals surface area contributed by atoms with Crippen molar-refractivity contribution in [1.29, 1.82) is 0 Å². The molecule has 1 saturated carbocycles. The Balaban J connectivity index is 1.86. The maximum Gasteiger partial charge on any atom is 0.508 e. The summed E-state index contributed by atoms with van der Waals surface area (Å²) in [7, 11) is 0. The van der Waals surface area contributed by atoms with E-state index < -0.39 is 12.2 Å². The van der Waals surface area contributed by atoms with Crippen molar-refractivity contribution in [3.63, 3.8) is 0 Å². The van der Waals surface area contributed by atoms with Crippen LogP contribution < -0.4 is 0 Å². The molecule has 1 fully saturated rings. The van der Waals surface area contributed by atoms with Gasteiger partial charge in [-0.05, 0) is 25.0 Å². The predicted molar refractivity (Wildman–Crippen MR) is 99.3 cm³/mol. The van der Waals surface area contributed by atoms with Gasteiger partial charge in [0.25, 0.3) is 0 Å². The zero-order valence-electron chi connectivity index (χ0n) is 15.6. The van der Waals surface area contributed by atoms with Crippen LogP contribution in [0.15, 0.2) is 0 Å². The topological polar surface area (TPSA) is 97.1 Å². The fraction of sp³-hybridized carbons (Fsp3) is 0.941. The lowest BCUT2D eigenvalue weighted by atomic mass is 9.93. The van der Waals surface area contributed by atoms with E-state index in [0.717, 1.165) is 12.4 Å². The van der Waals surface area contributed by atoms with E-state index in [1.807, 2.05) is 11.8 Å². The first-order chi connectivity index (χ1) is 12.6. The highest BCUT2D eigenvalue weighted by atomic mass is 32.2. The summed E-state index contributed by atoms with van der Waals surface area (Å²) in [5, 5.41) is 10.7. The minimum Gasteiger partial charge on any atom is -0.432 e. The van der Waals surface area contributed by atoms with Gasteiger partial charge in [-0.2, -0.15) is 11.8 Å². The van der Waals surface area contributed by atoms with E-state index in [0.29, 0.717) is 38.9 Å². The first kappa shape index (κ1) is 23.0. The van der Waals surface area contributed by atoms with E-state index in [4.69, 9.17) is 18.9 Å². The highest BCUT2D eigenvalue weighted by Gasteiger charge is 2.30. The van der Waals surface area contributed by atoms with Gasteiger partial charge in [-0.1, -0.05) is 13.3 Å². The van der Waals surface area contributed by atoms with Crippen LogP contribution in [0, 0.1) is 10.1 Å². The second-order valence-corrected chi connectivity index (χ2v) is 7.35. The third-order valence-electron chi connectivity index (χ3n) is 4.04. The summed E-state index contributed by atoms with van der Waals surface area (Å²) in [4.78, 5) is 22.0. The zero-order valence-corrected chi connectivity index (χ0v) is 16.4. The van der Waals surface area contributed by atoms with Gasteiger partial charge in [0.15, 0.2) is 0 Å². The number of carbonyl (C=O) groups excluding carboxylic acids is 1. The number of hydrogen-bond donors (Lipinski definition) is 0. The summed E-state index contributed by atoms with van der Waals surface area (Å²) in [5.74, 6) is 2.18. The molecular weight excluding hydrogens is 362 g/mol. The summed E-state index contributed by atoms with van der Waals surface area (Å²) in [6.07, 6.45) is 3.32. The molecule has 0 heterocycles. The summed E-state index contributed by atoms with van der Waals surface area (Å²) in [6.45, 7) is 4.30. The number of carbonyl (C=O) groups is 1. The van der Waals surface area contributed by atoms with Gasteiger partial charge < -0.3 is 18.9 Å². The Morgan fingerprint density at radius 1 is 1.04 bits per heavy atom. The van der Waals surface area contributed by atoms with E-state index >= 15 is 0 Å². The van der Waals surface area contributed by atoms with Crippen molar-refractivity contribution in [2.75, 3.05) is 44.5 Å².